The van der Waals surface area contributed by atoms with Crippen molar-refractivity contribution in [2.75, 3.05) is 0 Å². The van der Waals surface area contributed by atoms with E-state index < -0.39 is 12.1 Å². The minimum atomic E-state index is -0.456. The van der Waals surface area contributed by atoms with Crippen LogP contribution in [0.15, 0.2) is 168 Å². The van der Waals surface area contributed by atoms with E-state index in [0.717, 1.165) is 37.9 Å². The molecule has 8 aromatic carbocycles. The van der Waals surface area contributed by atoms with Crippen molar-refractivity contribution in [3.05, 3.63) is 164 Å². The Kier molecular flexibility index (Phi) is 4.93. The van der Waals surface area contributed by atoms with Gasteiger partial charge in [-0.25, -0.2) is 15.0 Å². The lowest BCUT2D eigenvalue weighted by atomic mass is 9.96. The molecule has 228 valence electrons. The van der Waals surface area contributed by atoms with Crippen molar-refractivity contribution < 1.29 is 12.6 Å². The number of hydrogen-bond donors (Lipinski definition) is 0. The predicted octanol–water partition coefficient (Wildman–Crippen LogP) is 11.9. The molecule has 0 amide bonds. The highest BCUT2D eigenvalue weighted by Crippen LogP contribution is 2.41. The van der Waals surface area contributed by atoms with E-state index in [2.05, 4.69) is 18.2 Å². The maximum Gasteiger partial charge on any atom is 0.164 e. The lowest BCUT2D eigenvalue weighted by molar-refractivity contribution is 0.669. The maximum absolute atomic E-state index is 9.92. The third kappa shape index (κ3) is 4.57. The van der Waals surface area contributed by atoms with Gasteiger partial charge in [-0.05, 0) is 73.7 Å². The van der Waals surface area contributed by atoms with Crippen molar-refractivity contribution in [1.82, 2.24) is 15.0 Å². The minimum absolute atomic E-state index is 0.00976. The lowest BCUT2D eigenvalue weighted by Crippen LogP contribution is -2.01. The SMILES string of the molecule is [2H]c1c([2H])c([2H])c2c(oc3c([2H])c(-c4ccc5ccccc5c4)c([2H])c(-c4nc(-c5ccccc5)nc(-c5cc6ccccc6c6ccccc56)n4)c32)c1[2H]. The summed E-state index contributed by atoms with van der Waals surface area (Å²) in [4.78, 5) is 15.2. The molecule has 0 spiro atoms. The number of furan rings is 1. The molecule has 4 heteroatoms. The molecule has 0 aliphatic heterocycles. The topological polar surface area (TPSA) is 51.8 Å². The van der Waals surface area contributed by atoms with Crippen LogP contribution in [0.1, 0.15) is 8.22 Å². The van der Waals surface area contributed by atoms with Crippen LogP contribution < -0.4 is 0 Å². The summed E-state index contributed by atoms with van der Waals surface area (Å²) in [6.07, 6.45) is 0. The van der Waals surface area contributed by atoms with Gasteiger partial charge >= 0.3 is 0 Å². The number of rotatable bonds is 4. The highest BCUT2D eigenvalue weighted by atomic mass is 16.3. The summed E-state index contributed by atoms with van der Waals surface area (Å²) in [6.45, 7) is 0. The molecule has 10 rings (SSSR count). The van der Waals surface area contributed by atoms with E-state index >= 15 is 0 Å². The summed E-state index contributed by atoms with van der Waals surface area (Å²) in [5.41, 5.74) is 2.38. The first-order valence-electron chi connectivity index (χ1n) is 19.0. The number of hydrogen-bond acceptors (Lipinski definition) is 4. The van der Waals surface area contributed by atoms with Crippen LogP contribution in [0.4, 0.5) is 0 Å². The zero-order valence-corrected chi connectivity index (χ0v) is 25.9. The summed E-state index contributed by atoms with van der Waals surface area (Å²) in [5, 5.41) is 6.17. The molecule has 0 bridgehead atoms. The Balaban J connectivity index is 1.37. The highest BCUT2D eigenvalue weighted by Gasteiger charge is 2.21. The fraction of sp³-hybridized carbons (Fsp3) is 0. The third-order valence-electron chi connectivity index (χ3n) is 9.01. The van der Waals surface area contributed by atoms with E-state index in [0.29, 0.717) is 22.8 Å². The van der Waals surface area contributed by atoms with Crippen LogP contribution in [0.2, 0.25) is 0 Å². The maximum atomic E-state index is 9.92. The van der Waals surface area contributed by atoms with Crippen LogP contribution in [0, 0.1) is 0 Å². The van der Waals surface area contributed by atoms with E-state index in [9.17, 15) is 2.74 Å². The summed E-state index contributed by atoms with van der Waals surface area (Å²) in [5.74, 6) is 0.811. The van der Waals surface area contributed by atoms with Crippen LogP contribution in [-0.4, -0.2) is 15.0 Å². The fourth-order valence-corrected chi connectivity index (χ4v) is 6.70. The zero-order valence-electron chi connectivity index (χ0n) is 31.9. The molecular formula is C45H27N3O. The average molecular weight is 632 g/mol. The van der Waals surface area contributed by atoms with Crippen LogP contribution >= 0.6 is 0 Å². The van der Waals surface area contributed by atoms with E-state index in [1.165, 1.54) is 0 Å². The van der Waals surface area contributed by atoms with Crippen molar-refractivity contribution in [3.63, 3.8) is 0 Å². The lowest BCUT2D eigenvalue weighted by Gasteiger charge is -2.13. The number of fused-ring (bicyclic) bond motifs is 7. The Labute approximate surface area is 290 Å². The van der Waals surface area contributed by atoms with Gasteiger partial charge in [-0.15, -0.1) is 0 Å². The second-order valence-corrected chi connectivity index (χ2v) is 11.9. The van der Waals surface area contributed by atoms with Gasteiger partial charge < -0.3 is 4.42 Å². The monoisotopic (exact) mass is 631 g/mol. The van der Waals surface area contributed by atoms with Gasteiger partial charge in [0.15, 0.2) is 17.5 Å². The fourth-order valence-electron chi connectivity index (χ4n) is 6.70. The summed E-state index contributed by atoms with van der Waals surface area (Å²) in [7, 11) is 0. The van der Waals surface area contributed by atoms with Crippen LogP contribution in [0.3, 0.4) is 0 Å². The van der Waals surface area contributed by atoms with Crippen molar-refractivity contribution in [1.29, 1.82) is 0 Å². The van der Waals surface area contributed by atoms with Crippen molar-refractivity contribution in [3.8, 4) is 45.3 Å². The van der Waals surface area contributed by atoms with E-state index in [4.69, 9.17) is 24.9 Å². The quantitative estimate of drug-likeness (QED) is 0.181. The Morgan fingerprint density at radius 3 is 1.96 bits per heavy atom. The molecule has 0 fully saturated rings. The first-order valence-corrected chi connectivity index (χ1v) is 16.0. The third-order valence-corrected chi connectivity index (χ3v) is 9.01. The molecule has 0 radical (unpaired) electrons. The normalized spacial score (nSPS) is 13.4. The first-order chi connectivity index (χ1) is 26.8. The molecule has 10 aromatic rings. The molecule has 2 heterocycles. The smallest absolute Gasteiger partial charge is 0.164 e. The van der Waals surface area contributed by atoms with E-state index in [1.54, 1.807) is 0 Å². The second-order valence-electron chi connectivity index (χ2n) is 11.9. The number of para-hydroxylation sites is 1. The molecular weight excluding hydrogens is 599 g/mol. The van der Waals surface area contributed by atoms with Crippen LogP contribution in [0.25, 0.3) is 99.5 Å². The summed E-state index contributed by atoms with van der Waals surface area (Å²) in [6, 6.07) is 39.5. The molecule has 0 aliphatic rings. The summed E-state index contributed by atoms with van der Waals surface area (Å²) < 4.78 is 60.5. The molecule has 0 unspecified atom stereocenters. The van der Waals surface area contributed by atoms with E-state index in [-0.39, 0.29) is 63.1 Å². The van der Waals surface area contributed by atoms with Gasteiger partial charge in [-0.2, -0.15) is 0 Å². The molecule has 0 saturated carbocycles. The van der Waals surface area contributed by atoms with Crippen LogP contribution in [0.5, 0.6) is 0 Å². The highest BCUT2D eigenvalue weighted by molar-refractivity contribution is 6.15. The van der Waals surface area contributed by atoms with Gasteiger partial charge in [0, 0.05) is 27.5 Å². The van der Waals surface area contributed by atoms with Gasteiger partial charge in [0.2, 0.25) is 0 Å². The molecule has 0 atom stereocenters. The van der Waals surface area contributed by atoms with Crippen molar-refractivity contribution >= 4 is 54.3 Å². The molecule has 49 heavy (non-hydrogen) atoms. The standard InChI is InChI=1S/C45H27N3O/c1-2-13-29(14-3-1)43-46-44(38-25-32-16-6-7-17-34(32)35-18-8-9-19-36(35)38)48-45(47-43)39-26-33(31-23-22-28-12-4-5-15-30(28)24-31)27-41-42(39)37-20-10-11-21-40(37)49-41/h1-27H/i10D,11D,20D,21D,26D,27D. The predicted molar refractivity (Wildman–Crippen MR) is 201 cm³/mol. The Hall–Kier alpha value is -6.65. The number of nitrogens with zero attached hydrogens (tertiary/aromatic N) is 3. The van der Waals surface area contributed by atoms with Gasteiger partial charge in [-0.1, -0.05) is 133 Å². The number of aromatic nitrogens is 3. The van der Waals surface area contributed by atoms with Gasteiger partial charge in [-0.3, -0.25) is 0 Å². The second kappa shape index (κ2) is 11.0. The largest absolute Gasteiger partial charge is 0.456 e. The average Bonchev–Trinajstić information content (AvgIpc) is 3.63. The van der Waals surface area contributed by atoms with Crippen molar-refractivity contribution in [2.45, 2.75) is 0 Å². The van der Waals surface area contributed by atoms with Gasteiger partial charge in [0.1, 0.15) is 11.2 Å². The van der Waals surface area contributed by atoms with Gasteiger partial charge in [0.05, 0.1) is 8.22 Å². The minimum Gasteiger partial charge on any atom is -0.456 e. The van der Waals surface area contributed by atoms with E-state index in [1.807, 2.05) is 109 Å². The molecule has 0 N–H and O–H groups in total. The molecule has 4 nitrogen and oxygen atoms in total. The van der Waals surface area contributed by atoms with Crippen molar-refractivity contribution in [2.24, 2.45) is 0 Å². The summed E-state index contributed by atoms with van der Waals surface area (Å²) >= 11 is 0. The molecule has 2 aromatic heterocycles. The molecule has 0 saturated heterocycles. The Morgan fingerprint density at radius 1 is 0.429 bits per heavy atom. The zero-order chi connectivity index (χ0) is 37.5. The van der Waals surface area contributed by atoms with Gasteiger partial charge in [0.25, 0.3) is 0 Å². The molecule has 0 aliphatic carbocycles. The van der Waals surface area contributed by atoms with Crippen LogP contribution in [-0.2, 0) is 0 Å². The Bertz CT molecular complexity index is 3240. The first kappa shape index (κ1) is 22.0. The Morgan fingerprint density at radius 2 is 1.10 bits per heavy atom. The number of benzene rings is 8.